The lowest BCUT2D eigenvalue weighted by Gasteiger charge is -2.28. The van der Waals surface area contributed by atoms with Crippen LogP contribution in [0.15, 0.2) is 42.5 Å². The maximum Gasteiger partial charge on any atom is 0.339 e. The Bertz CT molecular complexity index is 1160. The zero-order chi connectivity index (χ0) is 22.0. The van der Waals surface area contributed by atoms with Gasteiger partial charge in [0.2, 0.25) is 0 Å². The molecule has 0 atom stereocenters. The number of likely N-dealkylation sites (N-methyl/N-ethyl adjacent to an activating group) is 1. The van der Waals surface area contributed by atoms with E-state index in [1.807, 2.05) is 31.2 Å². The van der Waals surface area contributed by atoms with E-state index >= 15 is 0 Å². The number of anilines is 1. The summed E-state index contributed by atoms with van der Waals surface area (Å²) in [4.78, 5) is 32.6. The van der Waals surface area contributed by atoms with Gasteiger partial charge in [-0.3, -0.25) is 14.7 Å². The van der Waals surface area contributed by atoms with Crippen molar-refractivity contribution in [1.82, 2.24) is 9.88 Å². The van der Waals surface area contributed by atoms with Crippen molar-refractivity contribution in [3.8, 4) is 0 Å². The minimum atomic E-state index is -0.509. The van der Waals surface area contributed by atoms with E-state index in [0.29, 0.717) is 22.8 Å². The Morgan fingerprint density at radius 1 is 1.19 bits per heavy atom. The lowest BCUT2D eigenvalue weighted by Crippen LogP contribution is -2.32. The molecule has 7 heteroatoms. The zero-order valence-corrected chi connectivity index (χ0v) is 18.3. The molecule has 4 rings (SSSR count). The molecule has 2 aromatic carbocycles. The number of para-hydroxylation sites is 1. The van der Waals surface area contributed by atoms with Gasteiger partial charge in [-0.2, -0.15) is 0 Å². The molecule has 1 amide bonds. The highest BCUT2D eigenvalue weighted by molar-refractivity contribution is 6.31. The second-order valence-corrected chi connectivity index (χ2v) is 7.99. The van der Waals surface area contributed by atoms with Crippen LogP contribution in [0.2, 0.25) is 5.02 Å². The van der Waals surface area contributed by atoms with Gasteiger partial charge in [-0.15, -0.1) is 0 Å². The van der Waals surface area contributed by atoms with Gasteiger partial charge in [0, 0.05) is 46.9 Å². The number of nitrogens with one attached hydrogen (secondary N) is 1. The number of aromatic nitrogens is 1. The Kier molecular flexibility index (Phi) is 6.20. The number of ether oxygens (including phenoxy) is 1. The van der Waals surface area contributed by atoms with Crippen LogP contribution in [-0.2, 0) is 22.5 Å². The zero-order valence-electron chi connectivity index (χ0n) is 17.6. The van der Waals surface area contributed by atoms with Crippen molar-refractivity contribution < 1.29 is 14.3 Å². The van der Waals surface area contributed by atoms with Crippen molar-refractivity contribution in [1.29, 1.82) is 0 Å². The normalized spacial score (nSPS) is 13.6. The molecule has 31 heavy (non-hydrogen) atoms. The number of amides is 1. The lowest BCUT2D eigenvalue weighted by molar-refractivity contribution is -0.119. The van der Waals surface area contributed by atoms with Crippen LogP contribution in [0.5, 0.6) is 0 Å². The maximum absolute atomic E-state index is 13.1. The average Bonchev–Trinajstić information content (AvgIpc) is 2.78. The third kappa shape index (κ3) is 4.40. The van der Waals surface area contributed by atoms with Crippen molar-refractivity contribution in [3.63, 3.8) is 0 Å². The SMILES string of the molecule is CCN1CCc2nc3ccccc3c(C(=O)OCC(=O)Nc3cccc(Cl)c3C)c2C1. The topological polar surface area (TPSA) is 71.5 Å². The van der Waals surface area contributed by atoms with Crippen LogP contribution in [0.25, 0.3) is 10.9 Å². The van der Waals surface area contributed by atoms with Crippen LogP contribution in [0.3, 0.4) is 0 Å². The summed E-state index contributed by atoms with van der Waals surface area (Å²) in [5.41, 5.74) is 4.44. The first-order valence-electron chi connectivity index (χ1n) is 10.3. The second kappa shape index (κ2) is 9.04. The lowest BCUT2D eigenvalue weighted by atomic mass is 9.96. The van der Waals surface area contributed by atoms with Gasteiger partial charge in [0.25, 0.3) is 5.91 Å². The number of nitrogens with zero attached hydrogens (tertiary/aromatic N) is 2. The van der Waals surface area contributed by atoms with Gasteiger partial charge in [0.15, 0.2) is 6.61 Å². The number of carbonyl (C=O) groups excluding carboxylic acids is 2. The van der Waals surface area contributed by atoms with Crippen molar-refractivity contribution in [2.24, 2.45) is 0 Å². The van der Waals surface area contributed by atoms with Gasteiger partial charge >= 0.3 is 5.97 Å². The van der Waals surface area contributed by atoms with Crippen molar-refractivity contribution in [3.05, 3.63) is 69.9 Å². The minimum absolute atomic E-state index is 0.381. The molecule has 0 bridgehead atoms. The van der Waals surface area contributed by atoms with Crippen LogP contribution >= 0.6 is 11.6 Å². The quantitative estimate of drug-likeness (QED) is 0.600. The molecule has 6 nitrogen and oxygen atoms in total. The molecule has 2 heterocycles. The standard InChI is InChI=1S/C24H24ClN3O3/c1-3-28-12-11-21-17(13-28)23(16-7-4-5-9-20(16)26-21)24(30)31-14-22(29)27-19-10-6-8-18(25)15(19)2/h4-10H,3,11-14H2,1-2H3,(H,27,29). The highest BCUT2D eigenvalue weighted by Crippen LogP contribution is 2.29. The van der Waals surface area contributed by atoms with Gasteiger partial charge < -0.3 is 10.1 Å². The fourth-order valence-corrected chi connectivity index (χ4v) is 4.06. The van der Waals surface area contributed by atoms with Gasteiger partial charge in [-0.25, -0.2) is 4.79 Å². The van der Waals surface area contributed by atoms with Crippen molar-refractivity contribution >= 4 is 40.1 Å². The first kappa shape index (κ1) is 21.3. The number of carbonyl (C=O) groups is 2. The first-order chi connectivity index (χ1) is 15.0. The van der Waals surface area contributed by atoms with Crippen LogP contribution in [0.1, 0.15) is 34.1 Å². The fourth-order valence-electron chi connectivity index (χ4n) is 3.88. The van der Waals surface area contributed by atoms with Crippen LogP contribution in [0, 0.1) is 6.92 Å². The summed E-state index contributed by atoms with van der Waals surface area (Å²) in [6.45, 7) is 5.97. The molecule has 0 saturated carbocycles. The van der Waals surface area contributed by atoms with Crippen molar-refractivity contribution in [2.75, 3.05) is 25.0 Å². The number of fused-ring (bicyclic) bond motifs is 2. The Balaban J connectivity index is 1.57. The largest absolute Gasteiger partial charge is 0.452 e. The number of rotatable bonds is 5. The molecule has 1 aliphatic rings. The van der Waals surface area contributed by atoms with Crippen LogP contribution in [0.4, 0.5) is 5.69 Å². The Morgan fingerprint density at radius 3 is 2.81 bits per heavy atom. The monoisotopic (exact) mass is 437 g/mol. The van der Waals surface area contributed by atoms with Gasteiger partial charge in [0.05, 0.1) is 11.1 Å². The molecule has 0 fully saturated rings. The molecule has 160 valence electrons. The molecular formula is C24H24ClN3O3. The molecular weight excluding hydrogens is 414 g/mol. The molecule has 0 saturated heterocycles. The number of hydrogen-bond donors (Lipinski definition) is 1. The molecule has 1 aromatic heterocycles. The van der Waals surface area contributed by atoms with E-state index < -0.39 is 11.9 Å². The summed E-state index contributed by atoms with van der Waals surface area (Å²) in [6.07, 6.45) is 0.781. The summed E-state index contributed by atoms with van der Waals surface area (Å²) >= 11 is 6.10. The summed E-state index contributed by atoms with van der Waals surface area (Å²) < 4.78 is 5.45. The van der Waals surface area contributed by atoms with Gasteiger partial charge in [-0.1, -0.05) is 42.8 Å². The number of esters is 1. The van der Waals surface area contributed by atoms with E-state index in [9.17, 15) is 9.59 Å². The van der Waals surface area contributed by atoms with E-state index in [1.165, 1.54) is 0 Å². The fraction of sp³-hybridized carbons (Fsp3) is 0.292. The molecule has 0 spiro atoms. The third-order valence-corrected chi connectivity index (χ3v) is 6.06. The Hall–Kier alpha value is -2.96. The molecule has 1 aliphatic heterocycles. The van der Waals surface area contributed by atoms with Crippen LogP contribution < -0.4 is 5.32 Å². The Labute approximate surface area is 186 Å². The first-order valence-corrected chi connectivity index (χ1v) is 10.7. The minimum Gasteiger partial charge on any atom is -0.452 e. The number of pyridine rings is 1. The molecule has 1 N–H and O–H groups in total. The molecule has 0 aliphatic carbocycles. The number of halogens is 1. The van der Waals surface area contributed by atoms with E-state index in [-0.39, 0.29) is 6.61 Å². The van der Waals surface area contributed by atoms with Crippen molar-refractivity contribution in [2.45, 2.75) is 26.8 Å². The summed E-state index contributed by atoms with van der Waals surface area (Å²) in [5, 5.41) is 4.06. The summed E-state index contributed by atoms with van der Waals surface area (Å²) in [7, 11) is 0. The predicted octanol–water partition coefficient (Wildman–Crippen LogP) is 4.37. The predicted molar refractivity (Wildman–Crippen MR) is 121 cm³/mol. The maximum atomic E-state index is 13.1. The third-order valence-electron chi connectivity index (χ3n) is 5.65. The van der Waals surface area contributed by atoms with Gasteiger partial charge in [0.1, 0.15) is 0 Å². The molecule has 0 unspecified atom stereocenters. The van der Waals surface area contributed by atoms with E-state index in [2.05, 4.69) is 17.1 Å². The highest BCUT2D eigenvalue weighted by atomic mass is 35.5. The number of benzene rings is 2. The van der Waals surface area contributed by atoms with Crippen LogP contribution in [-0.4, -0.2) is 41.5 Å². The Morgan fingerprint density at radius 2 is 2.00 bits per heavy atom. The highest BCUT2D eigenvalue weighted by Gasteiger charge is 2.26. The smallest absolute Gasteiger partial charge is 0.339 e. The number of hydrogen-bond acceptors (Lipinski definition) is 5. The molecule has 0 radical (unpaired) electrons. The average molecular weight is 438 g/mol. The second-order valence-electron chi connectivity index (χ2n) is 7.58. The van der Waals surface area contributed by atoms with Gasteiger partial charge in [-0.05, 0) is 37.2 Å². The summed E-state index contributed by atoms with van der Waals surface area (Å²) in [6, 6.07) is 12.8. The van der Waals surface area contributed by atoms with E-state index in [4.69, 9.17) is 21.3 Å². The summed E-state index contributed by atoms with van der Waals surface area (Å²) in [5.74, 6) is -0.924. The van der Waals surface area contributed by atoms with E-state index in [1.54, 1.807) is 18.2 Å². The molecule has 3 aromatic rings. The van der Waals surface area contributed by atoms with E-state index in [0.717, 1.165) is 47.2 Å².